The molecule has 1 aromatic heterocycles. The number of nitrogens with zero attached hydrogens (tertiary/aromatic N) is 3. The number of anilines is 1. The fourth-order valence-corrected chi connectivity index (χ4v) is 3.80. The number of ether oxygens (including phenoxy) is 1. The van der Waals surface area contributed by atoms with Crippen LogP contribution in [0.15, 0.2) is 42.6 Å². The standard InChI is InChI=1S/C22H30N4O2/c1-25(15-17-4-3-11-26(16-17)12-13-28-2)22(27)19-7-5-18(6-8-19)21-14-20(23)9-10-24-21/h5-10,14,17H,3-4,11-13,15-16H2,1-2H3,(H2,23,24)/t17-/m1/s1. The van der Waals surface area contributed by atoms with Crippen LogP contribution >= 0.6 is 0 Å². The molecule has 0 radical (unpaired) electrons. The monoisotopic (exact) mass is 382 g/mol. The van der Waals surface area contributed by atoms with Gasteiger partial charge in [-0.25, -0.2) is 0 Å². The van der Waals surface area contributed by atoms with Gasteiger partial charge in [-0.15, -0.1) is 0 Å². The molecule has 0 saturated carbocycles. The van der Waals surface area contributed by atoms with Gasteiger partial charge in [0, 0.05) is 56.8 Å². The fraction of sp³-hybridized carbons (Fsp3) is 0.455. The molecular weight excluding hydrogens is 352 g/mol. The zero-order valence-corrected chi connectivity index (χ0v) is 16.8. The fourth-order valence-electron chi connectivity index (χ4n) is 3.80. The molecule has 0 bridgehead atoms. The summed E-state index contributed by atoms with van der Waals surface area (Å²) in [6, 6.07) is 11.2. The maximum atomic E-state index is 12.8. The van der Waals surface area contributed by atoms with E-state index < -0.39 is 0 Å². The average Bonchev–Trinajstić information content (AvgIpc) is 2.72. The second-order valence-corrected chi connectivity index (χ2v) is 7.54. The first-order valence-electron chi connectivity index (χ1n) is 9.85. The number of hydrogen-bond acceptors (Lipinski definition) is 5. The van der Waals surface area contributed by atoms with Crippen LogP contribution < -0.4 is 5.73 Å². The van der Waals surface area contributed by atoms with Gasteiger partial charge in [-0.2, -0.15) is 0 Å². The van der Waals surface area contributed by atoms with E-state index in [0.29, 0.717) is 17.2 Å². The molecule has 1 atom stereocenters. The van der Waals surface area contributed by atoms with Crippen LogP contribution in [0.5, 0.6) is 0 Å². The summed E-state index contributed by atoms with van der Waals surface area (Å²) in [6.45, 7) is 4.65. The number of rotatable bonds is 7. The molecule has 1 amide bonds. The van der Waals surface area contributed by atoms with Crippen molar-refractivity contribution in [3.05, 3.63) is 48.2 Å². The Kier molecular flexibility index (Phi) is 7.01. The van der Waals surface area contributed by atoms with E-state index in [2.05, 4.69) is 9.88 Å². The summed E-state index contributed by atoms with van der Waals surface area (Å²) in [5.74, 6) is 0.566. The molecule has 1 fully saturated rings. The van der Waals surface area contributed by atoms with Gasteiger partial charge < -0.3 is 20.3 Å². The van der Waals surface area contributed by atoms with E-state index in [-0.39, 0.29) is 5.91 Å². The minimum atomic E-state index is 0.0566. The predicted octanol–water partition coefficient (Wildman–Crippen LogP) is 2.76. The topological polar surface area (TPSA) is 71.7 Å². The number of likely N-dealkylation sites (tertiary alicyclic amines) is 1. The maximum Gasteiger partial charge on any atom is 0.253 e. The number of amides is 1. The van der Waals surface area contributed by atoms with Gasteiger partial charge >= 0.3 is 0 Å². The Labute approximate surface area is 167 Å². The van der Waals surface area contributed by atoms with Crippen molar-refractivity contribution in [1.82, 2.24) is 14.8 Å². The van der Waals surface area contributed by atoms with Gasteiger partial charge in [0.05, 0.1) is 12.3 Å². The van der Waals surface area contributed by atoms with E-state index in [9.17, 15) is 4.79 Å². The molecule has 2 heterocycles. The van der Waals surface area contributed by atoms with Crippen molar-refractivity contribution >= 4 is 11.6 Å². The number of pyridine rings is 1. The van der Waals surface area contributed by atoms with Crippen LogP contribution in [0, 0.1) is 5.92 Å². The number of nitrogen functional groups attached to an aromatic ring is 1. The van der Waals surface area contributed by atoms with Crippen LogP contribution in [0.1, 0.15) is 23.2 Å². The number of benzene rings is 1. The highest BCUT2D eigenvalue weighted by Gasteiger charge is 2.23. The first-order valence-corrected chi connectivity index (χ1v) is 9.85. The van der Waals surface area contributed by atoms with Crippen LogP contribution in [-0.2, 0) is 4.74 Å². The number of carbonyl (C=O) groups is 1. The number of aromatic nitrogens is 1. The van der Waals surface area contributed by atoms with Gasteiger partial charge in [0.2, 0.25) is 0 Å². The highest BCUT2D eigenvalue weighted by Crippen LogP contribution is 2.21. The lowest BCUT2D eigenvalue weighted by molar-refractivity contribution is 0.0703. The van der Waals surface area contributed by atoms with E-state index in [1.165, 1.54) is 12.8 Å². The van der Waals surface area contributed by atoms with Gasteiger partial charge in [0.15, 0.2) is 0 Å². The molecule has 1 aromatic carbocycles. The largest absolute Gasteiger partial charge is 0.399 e. The molecule has 1 aliphatic heterocycles. The van der Waals surface area contributed by atoms with Crippen molar-refractivity contribution < 1.29 is 9.53 Å². The third-order valence-electron chi connectivity index (χ3n) is 5.31. The van der Waals surface area contributed by atoms with Crippen LogP contribution in [0.2, 0.25) is 0 Å². The third-order valence-corrected chi connectivity index (χ3v) is 5.31. The second-order valence-electron chi connectivity index (χ2n) is 7.54. The Bertz CT molecular complexity index is 778. The van der Waals surface area contributed by atoms with Crippen LogP contribution in [0.4, 0.5) is 5.69 Å². The molecule has 3 rings (SSSR count). The van der Waals surface area contributed by atoms with Crippen molar-refractivity contribution in [2.24, 2.45) is 5.92 Å². The Morgan fingerprint density at radius 1 is 1.32 bits per heavy atom. The number of methoxy groups -OCH3 is 1. The van der Waals surface area contributed by atoms with Crippen molar-refractivity contribution in [1.29, 1.82) is 0 Å². The van der Waals surface area contributed by atoms with E-state index >= 15 is 0 Å². The van der Waals surface area contributed by atoms with Gasteiger partial charge in [-0.05, 0) is 49.6 Å². The highest BCUT2D eigenvalue weighted by molar-refractivity contribution is 5.94. The quantitative estimate of drug-likeness (QED) is 0.797. The second kappa shape index (κ2) is 9.66. The van der Waals surface area contributed by atoms with E-state index in [1.54, 1.807) is 19.4 Å². The minimum absolute atomic E-state index is 0.0566. The predicted molar refractivity (Wildman–Crippen MR) is 112 cm³/mol. The van der Waals surface area contributed by atoms with Crippen molar-refractivity contribution in [3.8, 4) is 11.3 Å². The Morgan fingerprint density at radius 3 is 2.82 bits per heavy atom. The Hall–Kier alpha value is -2.44. The molecule has 150 valence electrons. The van der Waals surface area contributed by atoms with E-state index in [0.717, 1.165) is 44.0 Å². The van der Waals surface area contributed by atoms with Crippen molar-refractivity contribution in [2.75, 3.05) is 52.7 Å². The Balaban J connectivity index is 1.58. The lowest BCUT2D eigenvalue weighted by Gasteiger charge is -2.34. The summed E-state index contributed by atoms with van der Waals surface area (Å²) in [5.41, 5.74) is 8.96. The molecule has 2 N–H and O–H groups in total. The third kappa shape index (κ3) is 5.30. The summed E-state index contributed by atoms with van der Waals surface area (Å²) in [6.07, 6.45) is 4.04. The van der Waals surface area contributed by atoms with Crippen LogP contribution in [0.3, 0.4) is 0 Å². The lowest BCUT2D eigenvalue weighted by Crippen LogP contribution is -2.42. The van der Waals surface area contributed by atoms with Crippen LogP contribution in [-0.4, -0.2) is 67.6 Å². The molecule has 2 aromatic rings. The summed E-state index contributed by atoms with van der Waals surface area (Å²) < 4.78 is 5.19. The Morgan fingerprint density at radius 2 is 2.11 bits per heavy atom. The smallest absolute Gasteiger partial charge is 0.253 e. The van der Waals surface area contributed by atoms with Crippen LogP contribution in [0.25, 0.3) is 11.3 Å². The zero-order chi connectivity index (χ0) is 19.9. The van der Waals surface area contributed by atoms with E-state index in [1.807, 2.05) is 42.3 Å². The molecule has 1 aliphatic rings. The minimum Gasteiger partial charge on any atom is -0.399 e. The molecule has 0 aliphatic carbocycles. The average molecular weight is 383 g/mol. The van der Waals surface area contributed by atoms with E-state index in [4.69, 9.17) is 10.5 Å². The summed E-state index contributed by atoms with van der Waals surface area (Å²) in [4.78, 5) is 21.4. The molecule has 0 spiro atoms. The first kappa shape index (κ1) is 20.3. The summed E-state index contributed by atoms with van der Waals surface area (Å²) in [7, 11) is 3.63. The summed E-state index contributed by atoms with van der Waals surface area (Å²) >= 11 is 0. The SMILES string of the molecule is COCCN1CCC[C@H](CN(C)C(=O)c2ccc(-c3cc(N)ccn3)cc2)C1. The molecule has 28 heavy (non-hydrogen) atoms. The normalized spacial score (nSPS) is 17.4. The summed E-state index contributed by atoms with van der Waals surface area (Å²) in [5, 5.41) is 0. The van der Waals surface area contributed by atoms with Gasteiger partial charge in [0.25, 0.3) is 5.91 Å². The molecule has 1 saturated heterocycles. The lowest BCUT2D eigenvalue weighted by atomic mass is 9.97. The molecule has 0 unspecified atom stereocenters. The molecule has 6 nitrogen and oxygen atoms in total. The maximum absolute atomic E-state index is 12.8. The van der Waals surface area contributed by atoms with Crippen molar-refractivity contribution in [3.63, 3.8) is 0 Å². The van der Waals surface area contributed by atoms with Gasteiger partial charge in [-0.3, -0.25) is 9.78 Å². The number of piperidine rings is 1. The van der Waals surface area contributed by atoms with Gasteiger partial charge in [-0.1, -0.05) is 12.1 Å². The van der Waals surface area contributed by atoms with Gasteiger partial charge in [0.1, 0.15) is 0 Å². The zero-order valence-electron chi connectivity index (χ0n) is 16.8. The number of carbonyl (C=O) groups excluding carboxylic acids is 1. The number of nitrogens with two attached hydrogens (primary N) is 1. The molecule has 6 heteroatoms. The first-order chi connectivity index (χ1) is 13.6. The number of hydrogen-bond donors (Lipinski definition) is 1. The molecular formula is C22H30N4O2. The highest BCUT2D eigenvalue weighted by atomic mass is 16.5. The van der Waals surface area contributed by atoms with Crippen molar-refractivity contribution in [2.45, 2.75) is 12.8 Å².